The zero-order valence-electron chi connectivity index (χ0n) is 17.0. The highest BCUT2D eigenvalue weighted by Crippen LogP contribution is 2.24. The largest absolute Gasteiger partial charge is 0.335 e. The van der Waals surface area contributed by atoms with Crippen LogP contribution in [-0.4, -0.2) is 58.0 Å². The monoisotopic (exact) mass is 466 g/mol. The molecule has 0 atom stereocenters. The lowest BCUT2D eigenvalue weighted by molar-refractivity contribution is 0.0532. The average Bonchev–Trinajstić information content (AvgIpc) is 3.23. The topological polar surface area (TPSA) is 69.3 Å². The molecule has 0 saturated carbocycles. The van der Waals surface area contributed by atoms with Gasteiger partial charge in [-0.1, -0.05) is 35.9 Å². The van der Waals surface area contributed by atoms with Crippen molar-refractivity contribution in [2.24, 2.45) is 0 Å². The van der Waals surface area contributed by atoms with Crippen LogP contribution < -0.4 is 0 Å². The van der Waals surface area contributed by atoms with Gasteiger partial charge in [-0.15, -0.1) is 0 Å². The third kappa shape index (κ3) is 4.03. The molecular formula is C23H23BrN4O2. The second kappa shape index (κ2) is 8.44. The van der Waals surface area contributed by atoms with Crippen molar-refractivity contribution in [3.05, 3.63) is 75.4 Å². The minimum absolute atomic E-state index is 0.0201. The first-order valence-corrected chi connectivity index (χ1v) is 10.7. The standard InChI is InChI=1S/C23H23BrN4O2/c1-15-7-8-17(16(2)13-15)20-14-21(26-25-20)23(30)28-11-9-27(10-12-28)22(29)18-5-3-4-6-19(18)24/h3-8,13-14H,9-12H2,1-2H3,(H,25,26). The van der Waals surface area contributed by atoms with Crippen molar-refractivity contribution in [3.8, 4) is 11.3 Å². The second-order valence-corrected chi connectivity index (χ2v) is 8.40. The van der Waals surface area contributed by atoms with Gasteiger partial charge in [0.1, 0.15) is 5.69 Å². The van der Waals surface area contributed by atoms with Crippen LogP contribution in [0.1, 0.15) is 32.0 Å². The lowest BCUT2D eigenvalue weighted by Crippen LogP contribution is -2.50. The highest BCUT2D eigenvalue weighted by atomic mass is 79.9. The summed E-state index contributed by atoms with van der Waals surface area (Å²) in [5, 5.41) is 7.23. The third-order valence-corrected chi connectivity index (χ3v) is 6.12. The van der Waals surface area contributed by atoms with Gasteiger partial charge in [-0.3, -0.25) is 14.7 Å². The van der Waals surface area contributed by atoms with E-state index < -0.39 is 0 Å². The number of H-pyrrole nitrogens is 1. The number of rotatable bonds is 3. The van der Waals surface area contributed by atoms with Crippen LogP contribution >= 0.6 is 15.9 Å². The molecule has 30 heavy (non-hydrogen) atoms. The molecule has 4 rings (SSSR count). The molecule has 2 amide bonds. The van der Waals surface area contributed by atoms with Gasteiger partial charge in [-0.2, -0.15) is 5.10 Å². The summed E-state index contributed by atoms with van der Waals surface area (Å²) in [4.78, 5) is 29.2. The fourth-order valence-electron chi connectivity index (χ4n) is 3.76. The van der Waals surface area contributed by atoms with Gasteiger partial charge in [0.25, 0.3) is 11.8 Å². The van der Waals surface area contributed by atoms with E-state index in [1.165, 1.54) is 5.56 Å². The van der Waals surface area contributed by atoms with E-state index in [0.29, 0.717) is 37.4 Å². The number of benzene rings is 2. The normalized spacial score (nSPS) is 14.1. The number of aromatic nitrogens is 2. The Morgan fingerprint density at radius 1 is 0.933 bits per heavy atom. The first-order chi connectivity index (χ1) is 14.4. The molecule has 1 aliphatic rings. The Morgan fingerprint density at radius 2 is 1.60 bits per heavy atom. The number of carbonyl (C=O) groups is 2. The van der Waals surface area contributed by atoms with Crippen LogP contribution in [0.3, 0.4) is 0 Å². The van der Waals surface area contributed by atoms with Crippen molar-refractivity contribution in [1.29, 1.82) is 0 Å². The number of hydrogen-bond donors (Lipinski definition) is 1. The van der Waals surface area contributed by atoms with Crippen LogP contribution in [0.2, 0.25) is 0 Å². The Hall–Kier alpha value is -2.93. The molecule has 0 bridgehead atoms. The van der Waals surface area contributed by atoms with E-state index in [1.807, 2.05) is 43.3 Å². The van der Waals surface area contributed by atoms with Crippen LogP contribution in [0.15, 0.2) is 53.0 Å². The Labute approximate surface area is 184 Å². The molecule has 0 unspecified atom stereocenters. The quantitative estimate of drug-likeness (QED) is 0.632. The van der Waals surface area contributed by atoms with Gasteiger partial charge in [-0.05, 0) is 53.5 Å². The van der Waals surface area contributed by atoms with E-state index in [1.54, 1.807) is 15.9 Å². The van der Waals surface area contributed by atoms with Gasteiger partial charge in [-0.25, -0.2) is 0 Å². The molecule has 2 heterocycles. The van der Waals surface area contributed by atoms with Gasteiger partial charge in [0.15, 0.2) is 0 Å². The maximum Gasteiger partial charge on any atom is 0.272 e. The summed E-state index contributed by atoms with van der Waals surface area (Å²) in [6.45, 7) is 6.09. The number of carbonyl (C=O) groups excluding carboxylic acids is 2. The molecule has 2 aromatic carbocycles. The van der Waals surface area contributed by atoms with Crippen molar-refractivity contribution in [1.82, 2.24) is 20.0 Å². The molecule has 1 aliphatic heterocycles. The second-order valence-electron chi connectivity index (χ2n) is 7.55. The van der Waals surface area contributed by atoms with E-state index in [-0.39, 0.29) is 11.8 Å². The molecule has 0 spiro atoms. The van der Waals surface area contributed by atoms with E-state index in [0.717, 1.165) is 21.3 Å². The molecule has 0 radical (unpaired) electrons. The van der Waals surface area contributed by atoms with E-state index >= 15 is 0 Å². The van der Waals surface area contributed by atoms with Crippen LogP contribution in [0.4, 0.5) is 0 Å². The predicted octanol–water partition coefficient (Wildman–Crippen LogP) is 4.05. The van der Waals surface area contributed by atoms with Crippen molar-refractivity contribution in [3.63, 3.8) is 0 Å². The number of aromatic amines is 1. The minimum atomic E-state index is -0.0912. The predicted molar refractivity (Wildman–Crippen MR) is 119 cm³/mol. The highest BCUT2D eigenvalue weighted by Gasteiger charge is 2.27. The summed E-state index contributed by atoms with van der Waals surface area (Å²) >= 11 is 3.44. The Bertz CT molecular complexity index is 1100. The highest BCUT2D eigenvalue weighted by molar-refractivity contribution is 9.10. The zero-order chi connectivity index (χ0) is 21.3. The number of nitrogens with one attached hydrogen (secondary N) is 1. The van der Waals surface area contributed by atoms with Crippen molar-refractivity contribution in [2.75, 3.05) is 26.2 Å². The molecule has 3 aromatic rings. The van der Waals surface area contributed by atoms with Gasteiger partial charge in [0.2, 0.25) is 0 Å². The zero-order valence-corrected chi connectivity index (χ0v) is 18.6. The molecule has 7 heteroatoms. The molecule has 1 fully saturated rings. The maximum atomic E-state index is 12.9. The van der Waals surface area contributed by atoms with E-state index in [2.05, 4.69) is 39.1 Å². The molecule has 1 N–H and O–H groups in total. The lowest BCUT2D eigenvalue weighted by atomic mass is 10.0. The number of nitrogens with zero attached hydrogens (tertiary/aromatic N) is 3. The third-order valence-electron chi connectivity index (χ3n) is 5.42. The molecule has 1 aromatic heterocycles. The Kier molecular flexibility index (Phi) is 5.72. The number of amides is 2. The van der Waals surface area contributed by atoms with Gasteiger partial charge >= 0.3 is 0 Å². The Balaban J connectivity index is 1.42. The summed E-state index contributed by atoms with van der Waals surface area (Å²) < 4.78 is 0.782. The van der Waals surface area contributed by atoms with E-state index in [9.17, 15) is 9.59 Å². The summed E-state index contributed by atoms with van der Waals surface area (Å²) in [6.07, 6.45) is 0. The fourth-order valence-corrected chi connectivity index (χ4v) is 4.21. The van der Waals surface area contributed by atoms with Crippen LogP contribution in [0.5, 0.6) is 0 Å². The number of aryl methyl sites for hydroxylation is 2. The number of piperazine rings is 1. The fraction of sp³-hybridized carbons (Fsp3) is 0.261. The van der Waals surface area contributed by atoms with Gasteiger partial charge < -0.3 is 9.80 Å². The Morgan fingerprint density at radius 3 is 2.27 bits per heavy atom. The summed E-state index contributed by atoms with van der Waals surface area (Å²) in [5.41, 5.74) is 5.20. The summed E-state index contributed by atoms with van der Waals surface area (Å²) in [7, 11) is 0. The number of halogens is 1. The average molecular weight is 467 g/mol. The van der Waals surface area contributed by atoms with Crippen molar-refractivity contribution < 1.29 is 9.59 Å². The first kappa shape index (κ1) is 20.3. The van der Waals surface area contributed by atoms with E-state index in [4.69, 9.17) is 0 Å². The minimum Gasteiger partial charge on any atom is -0.335 e. The molecule has 154 valence electrons. The lowest BCUT2D eigenvalue weighted by Gasteiger charge is -2.34. The van der Waals surface area contributed by atoms with Crippen LogP contribution in [-0.2, 0) is 0 Å². The maximum absolute atomic E-state index is 12.9. The van der Waals surface area contributed by atoms with Gasteiger partial charge in [0, 0.05) is 36.2 Å². The molecule has 6 nitrogen and oxygen atoms in total. The van der Waals surface area contributed by atoms with Crippen LogP contribution in [0.25, 0.3) is 11.3 Å². The first-order valence-electron chi connectivity index (χ1n) is 9.90. The molecule has 1 saturated heterocycles. The van der Waals surface area contributed by atoms with Crippen molar-refractivity contribution >= 4 is 27.7 Å². The van der Waals surface area contributed by atoms with Crippen molar-refractivity contribution in [2.45, 2.75) is 13.8 Å². The summed E-state index contributed by atoms with van der Waals surface area (Å²) in [5.74, 6) is -0.111. The van der Waals surface area contributed by atoms with Gasteiger partial charge in [0.05, 0.1) is 11.3 Å². The SMILES string of the molecule is Cc1ccc(-c2cc(C(=O)N3CCN(C(=O)c4ccccc4Br)CC3)[nH]n2)c(C)c1. The van der Waals surface area contributed by atoms with Crippen LogP contribution in [0, 0.1) is 13.8 Å². The number of hydrogen-bond acceptors (Lipinski definition) is 3. The smallest absolute Gasteiger partial charge is 0.272 e. The summed E-state index contributed by atoms with van der Waals surface area (Å²) in [6, 6.07) is 15.4. The molecule has 0 aliphatic carbocycles. The molecular weight excluding hydrogens is 444 g/mol.